The Morgan fingerprint density at radius 1 is 1.13 bits per heavy atom. The molecular formula is C17H17F3N2O. The minimum Gasteiger partial charge on any atom is -0.348 e. The highest BCUT2D eigenvalue weighted by Gasteiger charge is 2.41. The molecule has 0 spiro atoms. The number of carbonyl (C=O) groups is 1. The highest BCUT2D eigenvalue weighted by Crippen LogP contribution is 2.37. The summed E-state index contributed by atoms with van der Waals surface area (Å²) in [6.07, 6.45) is -3.56. The van der Waals surface area contributed by atoms with Crippen molar-refractivity contribution in [2.75, 3.05) is 0 Å². The van der Waals surface area contributed by atoms with Crippen molar-refractivity contribution in [2.24, 2.45) is 0 Å². The molecule has 1 aromatic heterocycles. The van der Waals surface area contributed by atoms with Gasteiger partial charge in [-0.25, -0.2) is 0 Å². The van der Waals surface area contributed by atoms with Gasteiger partial charge >= 0.3 is 6.18 Å². The zero-order chi connectivity index (χ0) is 16.9. The number of amides is 1. The molecule has 23 heavy (non-hydrogen) atoms. The van der Waals surface area contributed by atoms with Crippen LogP contribution in [0.15, 0.2) is 54.7 Å². The van der Waals surface area contributed by atoms with Gasteiger partial charge in [-0.15, -0.1) is 0 Å². The van der Waals surface area contributed by atoms with E-state index in [1.54, 1.807) is 37.4 Å². The summed E-state index contributed by atoms with van der Waals surface area (Å²) in [5.74, 6) is -2.48. The second-order valence-corrected chi connectivity index (χ2v) is 5.25. The fraction of sp³-hybridized carbons (Fsp3) is 0.294. The van der Waals surface area contributed by atoms with Crippen molar-refractivity contribution in [2.45, 2.75) is 31.5 Å². The van der Waals surface area contributed by atoms with Gasteiger partial charge in [0.1, 0.15) is 0 Å². The number of alkyl halides is 3. The van der Waals surface area contributed by atoms with E-state index in [9.17, 15) is 18.0 Å². The van der Waals surface area contributed by atoms with Gasteiger partial charge in [0.15, 0.2) is 0 Å². The van der Waals surface area contributed by atoms with Crippen LogP contribution in [0.25, 0.3) is 0 Å². The number of nitrogens with one attached hydrogen (secondary N) is 1. The van der Waals surface area contributed by atoms with Crippen LogP contribution >= 0.6 is 0 Å². The largest absolute Gasteiger partial charge is 0.396 e. The number of nitrogens with zero attached hydrogens (tertiary/aromatic N) is 1. The molecule has 2 atom stereocenters. The van der Waals surface area contributed by atoms with Gasteiger partial charge in [0.05, 0.1) is 17.7 Å². The number of hydrogen-bond acceptors (Lipinski definition) is 2. The lowest BCUT2D eigenvalue weighted by atomic mass is 9.94. The molecule has 0 radical (unpaired) electrons. The number of rotatable bonds is 5. The molecule has 6 heteroatoms. The van der Waals surface area contributed by atoms with Crippen LogP contribution in [0.5, 0.6) is 0 Å². The molecule has 122 valence electrons. The summed E-state index contributed by atoms with van der Waals surface area (Å²) in [7, 11) is 0. The minimum absolute atomic E-state index is 0.0839. The van der Waals surface area contributed by atoms with E-state index >= 15 is 0 Å². The minimum atomic E-state index is -4.48. The zero-order valence-corrected chi connectivity index (χ0v) is 12.5. The van der Waals surface area contributed by atoms with Crippen molar-refractivity contribution in [3.8, 4) is 0 Å². The number of pyridine rings is 1. The lowest BCUT2D eigenvalue weighted by Crippen LogP contribution is -2.32. The third kappa shape index (κ3) is 4.81. The van der Waals surface area contributed by atoms with E-state index in [1.807, 2.05) is 0 Å². The fourth-order valence-electron chi connectivity index (χ4n) is 2.30. The fourth-order valence-corrected chi connectivity index (χ4v) is 2.30. The first-order valence-corrected chi connectivity index (χ1v) is 7.20. The van der Waals surface area contributed by atoms with Gasteiger partial charge in [-0.3, -0.25) is 9.78 Å². The smallest absolute Gasteiger partial charge is 0.348 e. The van der Waals surface area contributed by atoms with Crippen LogP contribution in [0, 0.1) is 0 Å². The Kier molecular flexibility index (Phi) is 5.36. The quantitative estimate of drug-likeness (QED) is 0.904. The first kappa shape index (κ1) is 17.0. The van der Waals surface area contributed by atoms with Gasteiger partial charge in [0.25, 0.3) is 0 Å². The van der Waals surface area contributed by atoms with Crippen molar-refractivity contribution < 1.29 is 18.0 Å². The normalized spacial score (nSPS) is 14.1. The lowest BCUT2D eigenvalue weighted by Gasteiger charge is -2.21. The standard InChI is InChI=1S/C17H17F3N2O/c1-12(15-9-5-6-10-21-15)22-16(23)11-14(17(18,19)20)13-7-3-2-4-8-13/h2-10,12,14H,11H2,1H3,(H,22,23). The molecule has 2 rings (SSSR count). The first-order chi connectivity index (χ1) is 10.9. The molecule has 0 aliphatic rings. The molecule has 0 fully saturated rings. The number of halogens is 3. The van der Waals surface area contributed by atoms with Crippen LogP contribution in [0.3, 0.4) is 0 Å². The summed E-state index contributed by atoms with van der Waals surface area (Å²) in [5, 5.41) is 2.57. The number of carbonyl (C=O) groups excluding carboxylic acids is 1. The molecular weight excluding hydrogens is 305 g/mol. The predicted octanol–water partition coefficient (Wildman–Crippen LogP) is 4.00. The number of aromatic nitrogens is 1. The van der Waals surface area contributed by atoms with Gasteiger partial charge in [0.2, 0.25) is 5.91 Å². The summed E-state index contributed by atoms with van der Waals surface area (Å²) < 4.78 is 39.7. The molecule has 0 aliphatic carbocycles. The second kappa shape index (κ2) is 7.26. The van der Waals surface area contributed by atoms with E-state index in [4.69, 9.17) is 0 Å². The van der Waals surface area contributed by atoms with Crippen LogP contribution in [-0.4, -0.2) is 17.1 Å². The Balaban J connectivity index is 2.07. The third-order valence-electron chi connectivity index (χ3n) is 3.50. The van der Waals surface area contributed by atoms with Gasteiger partial charge in [-0.05, 0) is 24.6 Å². The van der Waals surface area contributed by atoms with Crippen LogP contribution in [0.1, 0.15) is 36.6 Å². The van der Waals surface area contributed by atoms with Crippen molar-refractivity contribution in [3.63, 3.8) is 0 Å². The number of benzene rings is 1. The third-order valence-corrected chi connectivity index (χ3v) is 3.50. The highest BCUT2D eigenvalue weighted by molar-refractivity contribution is 5.77. The summed E-state index contributed by atoms with van der Waals surface area (Å²) in [6, 6.07) is 12.2. The summed E-state index contributed by atoms with van der Waals surface area (Å²) >= 11 is 0. The van der Waals surface area contributed by atoms with E-state index in [-0.39, 0.29) is 5.56 Å². The molecule has 0 aliphatic heterocycles. The van der Waals surface area contributed by atoms with Gasteiger partial charge in [-0.1, -0.05) is 36.4 Å². The molecule has 2 unspecified atom stereocenters. The monoisotopic (exact) mass is 322 g/mol. The topological polar surface area (TPSA) is 42.0 Å². The maximum absolute atomic E-state index is 13.2. The molecule has 1 aromatic carbocycles. The van der Waals surface area contributed by atoms with Crippen molar-refractivity contribution in [1.29, 1.82) is 0 Å². The predicted molar refractivity (Wildman–Crippen MR) is 80.6 cm³/mol. The highest BCUT2D eigenvalue weighted by atomic mass is 19.4. The molecule has 1 amide bonds. The average molecular weight is 322 g/mol. The summed E-state index contributed by atoms with van der Waals surface area (Å²) in [5.41, 5.74) is 0.685. The van der Waals surface area contributed by atoms with Crippen molar-refractivity contribution in [1.82, 2.24) is 10.3 Å². The van der Waals surface area contributed by atoms with E-state index < -0.39 is 30.5 Å². The van der Waals surface area contributed by atoms with Crippen LogP contribution in [-0.2, 0) is 4.79 Å². The van der Waals surface area contributed by atoms with E-state index in [0.717, 1.165) is 0 Å². The summed E-state index contributed by atoms with van der Waals surface area (Å²) in [4.78, 5) is 16.1. The molecule has 0 saturated heterocycles. The zero-order valence-electron chi connectivity index (χ0n) is 12.5. The molecule has 0 bridgehead atoms. The van der Waals surface area contributed by atoms with E-state index in [1.165, 1.54) is 24.3 Å². The summed E-state index contributed by atoms with van der Waals surface area (Å²) in [6.45, 7) is 1.69. The Labute approximate surface area is 132 Å². The second-order valence-electron chi connectivity index (χ2n) is 5.25. The van der Waals surface area contributed by atoms with Crippen molar-refractivity contribution in [3.05, 3.63) is 66.0 Å². The van der Waals surface area contributed by atoms with Crippen LogP contribution in [0.2, 0.25) is 0 Å². The molecule has 2 aromatic rings. The molecule has 1 N–H and O–H groups in total. The number of hydrogen-bond donors (Lipinski definition) is 1. The Hall–Kier alpha value is -2.37. The molecule has 0 saturated carbocycles. The van der Waals surface area contributed by atoms with Gasteiger partial charge < -0.3 is 5.32 Å². The van der Waals surface area contributed by atoms with Gasteiger partial charge in [-0.2, -0.15) is 13.2 Å². The lowest BCUT2D eigenvalue weighted by molar-refractivity contribution is -0.157. The average Bonchev–Trinajstić information content (AvgIpc) is 2.53. The maximum Gasteiger partial charge on any atom is 0.396 e. The van der Waals surface area contributed by atoms with Gasteiger partial charge in [0, 0.05) is 12.6 Å². The first-order valence-electron chi connectivity index (χ1n) is 7.20. The maximum atomic E-state index is 13.2. The molecule has 3 nitrogen and oxygen atoms in total. The van der Waals surface area contributed by atoms with E-state index in [0.29, 0.717) is 5.69 Å². The molecule has 1 heterocycles. The Morgan fingerprint density at radius 3 is 2.35 bits per heavy atom. The SMILES string of the molecule is CC(NC(=O)CC(c1ccccc1)C(F)(F)F)c1ccccn1. The van der Waals surface area contributed by atoms with Crippen LogP contribution in [0.4, 0.5) is 13.2 Å². The van der Waals surface area contributed by atoms with E-state index in [2.05, 4.69) is 10.3 Å². The Morgan fingerprint density at radius 2 is 1.78 bits per heavy atom. The Bertz CT molecular complexity index is 629. The van der Waals surface area contributed by atoms with Crippen molar-refractivity contribution >= 4 is 5.91 Å². The van der Waals surface area contributed by atoms with Crippen LogP contribution < -0.4 is 5.32 Å².